The molecule has 4 rings (SSSR count). The van der Waals surface area contributed by atoms with E-state index in [-0.39, 0.29) is 11.6 Å². The molecule has 0 aliphatic heterocycles. The van der Waals surface area contributed by atoms with Crippen molar-refractivity contribution < 1.29 is 13.9 Å². The summed E-state index contributed by atoms with van der Waals surface area (Å²) < 4.78 is 28.6. The third-order valence-electron chi connectivity index (χ3n) is 4.93. The van der Waals surface area contributed by atoms with Crippen LogP contribution in [0.3, 0.4) is 0 Å². The van der Waals surface area contributed by atoms with Crippen LogP contribution in [0.2, 0.25) is 0 Å². The van der Waals surface area contributed by atoms with Crippen LogP contribution in [0.1, 0.15) is 25.3 Å². The third kappa shape index (κ3) is 5.43. The van der Waals surface area contributed by atoms with Gasteiger partial charge in [-0.3, -0.25) is 4.72 Å². The second kappa shape index (κ2) is 10.4. The van der Waals surface area contributed by atoms with Gasteiger partial charge in [0.15, 0.2) is 11.6 Å². The topological polar surface area (TPSA) is 56.3 Å². The lowest BCUT2D eigenvalue weighted by molar-refractivity contribution is 0.405. The number of nitrogens with zero attached hydrogens (tertiary/aromatic N) is 2. The molecule has 0 saturated heterocycles. The first-order valence-corrected chi connectivity index (χ1v) is 11.3. The zero-order valence-electron chi connectivity index (χ0n) is 18.6. The number of ether oxygens (including phenoxy) is 2. The second-order valence-electron chi connectivity index (χ2n) is 7.54. The van der Waals surface area contributed by atoms with Crippen LogP contribution in [0.5, 0.6) is 17.4 Å². The summed E-state index contributed by atoms with van der Waals surface area (Å²) in [6.07, 6.45) is 0. The number of rotatable bonds is 8. The smallest absolute Gasteiger partial charge is 0.237 e. The lowest BCUT2D eigenvalue weighted by Crippen LogP contribution is -2.01. The lowest BCUT2D eigenvalue weighted by atomic mass is 9.95. The summed E-state index contributed by atoms with van der Waals surface area (Å²) >= 11 is 1.33. The van der Waals surface area contributed by atoms with E-state index in [1.807, 2.05) is 42.5 Å². The highest BCUT2D eigenvalue weighted by Crippen LogP contribution is 2.34. The van der Waals surface area contributed by atoms with Crippen molar-refractivity contribution in [1.82, 2.24) is 9.97 Å². The van der Waals surface area contributed by atoms with Crippen molar-refractivity contribution in [2.24, 2.45) is 0 Å². The highest BCUT2D eigenvalue weighted by Gasteiger charge is 2.15. The Morgan fingerprint density at radius 1 is 0.879 bits per heavy atom. The quantitative estimate of drug-likeness (QED) is 0.277. The Balaban J connectivity index is 1.73. The minimum atomic E-state index is -0.460. The van der Waals surface area contributed by atoms with Gasteiger partial charge >= 0.3 is 0 Å². The Labute approximate surface area is 197 Å². The minimum absolute atomic E-state index is 0.0997. The fourth-order valence-corrected chi connectivity index (χ4v) is 4.03. The molecule has 1 N–H and O–H groups in total. The average Bonchev–Trinajstić information content (AvgIpc) is 2.84. The fourth-order valence-electron chi connectivity index (χ4n) is 3.34. The molecule has 0 aliphatic rings. The zero-order valence-corrected chi connectivity index (χ0v) is 19.4. The number of aromatic nitrogens is 2. The molecule has 33 heavy (non-hydrogen) atoms. The first kappa shape index (κ1) is 22.6. The van der Waals surface area contributed by atoms with Crippen LogP contribution in [0.4, 0.5) is 10.3 Å². The van der Waals surface area contributed by atoms with E-state index in [1.54, 1.807) is 31.4 Å². The molecule has 0 saturated carbocycles. The standard InChI is InChI=1S/C26H24FN3O2S/c1-17(2)18-10-4-5-11-19(18)21-16-25(32-22-13-7-6-12-20(22)27)29-26(28-21)30-33-24-15-9-8-14-23(24)31-3/h4-17H,1-3H3,(H,28,29,30). The Kier molecular flexibility index (Phi) is 7.10. The maximum Gasteiger partial charge on any atom is 0.237 e. The minimum Gasteiger partial charge on any atom is -0.496 e. The summed E-state index contributed by atoms with van der Waals surface area (Å²) in [4.78, 5) is 10.1. The van der Waals surface area contributed by atoms with Gasteiger partial charge in [0.25, 0.3) is 0 Å². The largest absolute Gasteiger partial charge is 0.496 e. The SMILES string of the molecule is COc1ccccc1SNc1nc(Oc2ccccc2F)cc(-c2ccccc2C(C)C)n1. The van der Waals surface area contributed by atoms with Crippen molar-refractivity contribution in [1.29, 1.82) is 0 Å². The van der Waals surface area contributed by atoms with Crippen molar-refractivity contribution in [2.75, 3.05) is 11.8 Å². The fraction of sp³-hybridized carbons (Fsp3) is 0.154. The Bertz CT molecular complexity index is 1250. The number of anilines is 1. The Morgan fingerprint density at radius 3 is 2.33 bits per heavy atom. The molecule has 0 amide bonds. The second-order valence-corrected chi connectivity index (χ2v) is 8.39. The van der Waals surface area contributed by atoms with Crippen molar-refractivity contribution in [2.45, 2.75) is 24.7 Å². The Morgan fingerprint density at radius 2 is 1.58 bits per heavy atom. The van der Waals surface area contributed by atoms with Gasteiger partial charge in [-0.1, -0.05) is 62.4 Å². The van der Waals surface area contributed by atoms with E-state index in [1.165, 1.54) is 18.0 Å². The van der Waals surface area contributed by atoms with Gasteiger partial charge in [-0.25, -0.2) is 9.37 Å². The number of para-hydroxylation sites is 2. The van der Waals surface area contributed by atoms with Crippen molar-refractivity contribution in [3.63, 3.8) is 0 Å². The van der Waals surface area contributed by atoms with Crippen molar-refractivity contribution in [3.8, 4) is 28.6 Å². The van der Waals surface area contributed by atoms with Crippen LogP contribution in [-0.4, -0.2) is 17.1 Å². The zero-order chi connectivity index (χ0) is 23.2. The molecule has 3 aromatic carbocycles. The van der Waals surface area contributed by atoms with Gasteiger partial charge < -0.3 is 9.47 Å². The summed E-state index contributed by atoms with van der Waals surface area (Å²) in [7, 11) is 1.62. The number of halogens is 1. The van der Waals surface area contributed by atoms with Crippen LogP contribution < -0.4 is 14.2 Å². The molecule has 0 fully saturated rings. The molecular formula is C26H24FN3O2S. The molecule has 0 aliphatic carbocycles. The molecule has 0 spiro atoms. The molecule has 0 unspecified atom stereocenters. The molecule has 0 bridgehead atoms. The number of nitrogens with one attached hydrogen (secondary N) is 1. The summed E-state index contributed by atoms with van der Waals surface area (Å²) in [5, 5.41) is 0. The lowest BCUT2D eigenvalue weighted by Gasteiger charge is -2.15. The number of benzene rings is 3. The molecular weight excluding hydrogens is 437 g/mol. The molecule has 1 aromatic heterocycles. The predicted molar refractivity (Wildman–Crippen MR) is 131 cm³/mol. The van der Waals surface area contributed by atoms with Crippen molar-refractivity contribution >= 4 is 17.9 Å². The Hall–Kier alpha value is -3.58. The maximum absolute atomic E-state index is 14.2. The van der Waals surface area contributed by atoms with Gasteiger partial charge in [0.2, 0.25) is 11.8 Å². The van der Waals surface area contributed by atoms with Gasteiger partial charge in [-0.05, 0) is 47.7 Å². The van der Waals surface area contributed by atoms with E-state index in [2.05, 4.69) is 29.6 Å². The molecule has 168 valence electrons. The molecule has 0 radical (unpaired) electrons. The first-order chi connectivity index (χ1) is 16.0. The molecule has 0 atom stereocenters. The number of methoxy groups -OCH3 is 1. The van der Waals surface area contributed by atoms with Gasteiger partial charge in [0.05, 0.1) is 17.7 Å². The average molecular weight is 462 g/mol. The van der Waals surface area contributed by atoms with Crippen LogP contribution in [0.25, 0.3) is 11.3 Å². The van der Waals surface area contributed by atoms with E-state index < -0.39 is 5.82 Å². The van der Waals surface area contributed by atoms with Crippen LogP contribution in [0.15, 0.2) is 83.8 Å². The van der Waals surface area contributed by atoms with Gasteiger partial charge in [-0.2, -0.15) is 4.98 Å². The van der Waals surface area contributed by atoms with E-state index in [9.17, 15) is 4.39 Å². The molecule has 1 heterocycles. The van der Waals surface area contributed by atoms with Crippen LogP contribution in [-0.2, 0) is 0 Å². The molecule has 4 aromatic rings. The molecule has 5 nitrogen and oxygen atoms in total. The van der Waals surface area contributed by atoms with Crippen LogP contribution >= 0.6 is 11.9 Å². The highest BCUT2D eigenvalue weighted by molar-refractivity contribution is 8.00. The molecule has 7 heteroatoms. The number of hydrogen-bond acceptors (Lipinski definition) is 6. The van der Waals surface area contributed by atoms with Gasteiger partial charge in [0.1, 0.15) is 5.75 Å². The third-order valence-corrected chi connectivity index (χ3v) is 5.78. The summed E-state index contributed by atoms with van der Waals surface area (Å²) in [5.41, 5.74) is 2.80. The summed E-state index contributed by atoms with van der Waals surface area (Å²) in [6.45, 7) is 4.26. The summed E-state index contributed by atoms with van der Waals surface area (Å²) in [6, 6.07) is 23.7. The van der Waals surface area contributed by atoms with Crippen molar-refractivity contribution in [3.05, 3.63) is 90.2 Å². The van der Waals surface area contributed by atoms with Gasteiger partial charge in [0, 0.05) is 11.6 Å². The van der Waals surface area contributed by atoms with E-state index in [0.717, 1.165) is 21.8 Å². The normalized spacial score (nSPS) is 10.8. The summed E-state index contributed by atoms with van der Waals surface area (Å²) in [5.74, 6) is 1.26. The monoisotopic (exact) mass is 461 g/mol. The highest BCUT2D eigenvalue weighted by atomic mass is 32.2. The number of hydrogen-bond donors (Lipinski definition) is 1. The van der Waals surface area contributed by atoms with E-state index in [4.69, 9.17) is 14.5 Å². The van der Waals surface area contributed by atoms with E-state index >= 15 is 0 Å². The predicted octanol–water partition coefficient (Wildman–Crippen LogP) is 7.33. The first-order valence-electron chi connectivity index (χ1n) is 10.5. The maximum atomic E-state index is 14.2. The van der Waals surface area contributed by atoms with Crippen LogP contribution in [0, 0.1) is 5.82 Å². The van der Waals surface area contributed by atoms with E-state index in [0.29, 0.717) is 17.6 Å². The van der Waals surface area contributed by atoms with Gasteiger partial charge in [-0.15, -0.1) is 0 Å².